The third-order valence-electron chi connectivity index (χ3n) is 2.44. The van der Waals surface area contributed by atoms with Gasteiger partial charge in [-0.25, -0.2) is 9.78 Å². The van der Waals surface area contributed by atoms with Crippen molar-refractivity contribution in [2.45, 2.75) is 17.0 Å². The number of carboxylic acids is 1. The fourth-order valence-corrected chi connectivity index (χ4v) is 2.49. The molecule has 1 N–H and O–H groups in total. The molecule has 8 nitrogen and oxygen atoms in total. The molecule has 0 aliphatic rings. The van der Waals surface area contributed by atoms with Crippen molar-refractivity contribution in [2.75, 3.05) is 0 Å². The number of hydrogen-bond acceptors (Lipinski definition) is 6. The maximum absolute atomic E-state index is 11.0. The summed E-state index contributed by atoms with van der Waals surface area (Å²) in [7, 11) is 1.72. The van der Waals surface area contributed by atoms with Crippen molar-refractivity contribution in [2.24, 2.45) is 7.05 Å². The summed E-state index contributed by atoms with van der Waals surface area (Å²) >= 11 is 1.07. The summed E-state index contributed by atoms with van der Waals surface area (Å²) in [6, 6.07) is 2.77. The summed E-state index contributed by atoms with van der Waals surface area (Å²) in [5.41, 5.74) is 0.218. The van der Waals surface area contributed by atoms with Crippen LogP contribution in [-0.2, 0) is 7.05 Å². The number of carbonyl (C=O) groups is 1. The Morgan fingerprint density at radius 3 is 2.70 bits per heavy atom. The van der Waals surface area contributed by atoms with Crippen molar-refractivity contribution in [1.82, 2.24) is 14.8 Å². The van der Waals surface area contributed by atoms with Crippen LogP contribution in [0.15, 0.2) is 28.4 Å². The summed E-state index contributed by atoms with van der Waals surface area (Å²) in [5.74, 6) is -1.26. The van der Waals surface area contributed by atoms with Crippen LogP contribution in [0.1, 0.15) is 16.1 Å². The third kappa shape index (κ3) is 2.77. The molecular formula is C11H10N4O4S. The van der Waals surface area contributed by atoms with Gasteiger partial charge in [0.25, 0.3) is 0 Å². The van der Waals surface area contributed by atoms with Crippen LogP contribution in [0.2, 0.25) is 0 Å². The topological polar surface area (TPSA) is 111 Å². The number of hydrogen-bond donors (Lipinski definition) is 1. The summed E-state index contributed by atoms with van der Waals surface area (Å²) in [4.78, 5) is 25.1. The number of aromatic carboxylic acids is 1. The molecule has 0 saturated heterocycles. The van der Waals surface area contributed by atoms with Crippen molar-refractivity contribution < 1.29 is 14.8 Å². The van der Waals surface area contributed by atoms with Gasteiger partial charge in [-0.05, 0) is 24.8 Å². The predicted octanol–water partition coefficient (Wildman–Crippen LogP) is 1.88. The van der Waals surface area contributed by atoms with E-state index in [0.29, 0.717) is 5.03 Å². The van der Waals surface area contributed by atoms with Gasteiger partial charge in [-0.3, -0.25) is 14.8 Å². The largest absolute Gasteiger partial charge is 0.478 e. The van der Waals surface area contributed by atoms with Crippen molar-refractivity contribution in [1.29, 1.82) is 0 Å². The summed E-state index contributed by atoms with van der Waals surface area (Å²) in [6.07, 6.45) is 1.10. The molecule has 0 aromatic carbocycles. The standard InChI is InChI=1S/C11H10N4O4S/c1-6-3-9(14(2)13-6)20-10-8(15(18)19)4-7(5-12-10)11(16)17/h3-5H,1-2H3,(H,16,17). The lowest BCUT2D eigenvalue weighted by molar-refractivity contribution is -0.388. The first kappa shape index (κ1) is 14.0. The number of aromatic nitrogens is 3. The van der Waals surface area contributed by atoms with Crippen LogP contribution >= 0.6 is 11.8 Å². The highest BCUT2D eigenvalue weighted by Gasteiger charge is 2.21. The van der Waals surface area contributed by atoms with Crippen LogP contribution < -0.4 is 0 Å². The number of aryl methyl sites for hydroxylation is 2. The molecule has 0 unspecified atom stereocenters. The molecule has 0 saturated carbocycles. The van der Waals surface area contributed by atoms with E-state index in [9.17, 15) is 14.9 Å². The van der Waals surface area contributed by atoms with Crippen molar-refractivity contribution in [3.63, 3.8) is 0 Å². The third-order valence-corrected chi connectivity index (χ3v) is 3.54. The fraction of sp³-hybridized carbons (Fsp3) is 0.182. The molecule has 0 aliphatic carbocycles. The lowest BCUT2D eigenvalue weighted by Crippen LogP contribution is -2.02. The van der Waals surface area contributed by atoms with E-state index in [1.165, 1.54) is 0 Å². The Morgan fingerprint density at radius 2 is 2.20 bits per heavy atom. The van der Waals surface area contributed by atoms with Crippen LogP contribution in [-0.4, -0.2) is 30.8 Å². The fourth-order valence-electron chi connectivity index (χ4n) is 1.55. The van der Waals surface area contributed by atoms with E-state index in [2.05, 4.69) is 10.1 Å². The Labute approximate surface area is 117 Å². The van der Waals surface area contributed by atoms with Gasteiger partial charge in [0.1, 0.15) is 5.03 Å². The van der Waals surface area contributed by atoms with E-state index in [1.54, 1.807) is 24.7 Å². The van der Waals surface area contributed by atoms with Gasteiger partial charge in [0.05, 0.1) is 16.2 Å². The second-order valence-electron chi connectivity index (χ2n) is 3.96. The minimum Gasteiger partial charge on any atom is -0.478 e. The maximum Gasteiger partial charge on any atom is 0.337 e. The lowest BCUT2D eigenvalue weighted by Gasteiger charge is -2.03. The molecule has 9 heteroatoms. The molecule has 0 spiro atoms. The van der Waals surface area contributed by atoms with Crippen molar-refractivity contribution >= 4 is 23.4 Å². The van der Waals surface area contributed by atoms with E-state index in [1.807, 2.05) is 0 Å². The summed E-state index contributed by atoms with van der Waals surface area (Å²) in [6.45, 7) is 1.80. The van der Waals surface area contributed by atoms with Crippen LogP contribution in [0.3, 0.4) is 0 Å². The Morgan fingerprint density at radius 1 is 1.50 bits per heavy atom. The van der Waals surface area contributed by atoms with E-state index in [0.717, 1.165) is 29.7 Å². The number of carboxylic acid groups (broad SMARTS) is 1. The van der Waals surface area contributed by atoms with Gasteiger partial charge in [0, 0.05) is 19.3 Å². The Hall–Kier alpha value is -2.42. The highest BCUT2D eigenvalue weighted by Crippen LogP contribution is 2.33. The SMILES string of the molecule is Cc1cc(Sc2ncc(C(=O)O)cc2[N+](=O)[O-])n(C)n1. The quantitative estimate of drug-likeness (QED) is 0.676. The molecule has 0 bridgehead atoms. The van der Waals surface area contributed by atoms with Gasteiger partial charge in [-0.1, -0.05) is 0 Å². The first-order valence-corrected chi connectivity index (χ1v) is 6.26. The highest BCUT2D eigenvalue weighted by molar-refractivity contribution is 7.99. The Balaban J connectivity index is 2.43. The van der Waals surface area contributed by atoms with E-state index in [-0.39, 0.29) is 16.3 Å². The molecule has 2 rings (SSSR count). The van der Waals surface area contributed by atoms with Gasteiger partial charge < -0.3 is 5.11 Å². The smallest absolute Gasteiger partial charge is 0.337 e. The molecule has 0 amide bonds. The van der Waals surface area contributed by atoms with Crippen molar-refractivity contribution in [3.8, 4) is 0 Å². The van der Waals surface area contributed by atoms with Gasteiger partial charge in [0.2, 0.25) is 0 Å². The molecule has 0 aliphatic heterocycles. The van der Waals surface area contributed by atoms with E-state index >= 15 is 0 Å². The highest BCUT2D eigenvalue weighted by atomic mass is 32.2. The van der Waals surface area contributed by atoms with Crippen LogP contribution in [0, 0.1) is 17.0 Å². The van der Waals surface area contributed by atoms with E-state index < -0.39 is 10.9 Å². The van der Waals surface area contributed by atoms with Gasteiger partial charge >= 0.3 is 11.7 Å². The van der Waals surface area contributed by atoms with Crippen LogP contribution in [0.5, 0.6) is 0 Å². The van der Waals surface area contributed by atoms with Gasteiger partial charge in [-0.2, -0.15) is 5.10 Å². The van der Waals surface area contributed by atoms with Crippen LogP contribution in [0.25, 0.3) is 0 Å². The predicted molar refractivity (Wildman–Crippen MR) is 69.9 cm³/mol. The van der Waals surface area contributed by atoms with Crippen LogP contribution in [0.4, 0.5) is 5.69 Å². The average molecular weight is 294 g/mol. The summed E-state index contributed by atoms with van der Waals surface area (Å²) < 4.78 is 1.58. The normalized spacial score (nSPS) is 10.5. The molecule has 2 heterocycles. The number of rotatable bonds is 4. The number of nitrogens with zero attached hydrogens (tertiary/aromatic N) is 4. The van der Waals surface area contributed by atoms with E-state index in [4.69, 9.17) is 5.11 Å². The molecule has 0 atom stereocenters. The molecule has 104 valence electrons. The van der Waals surface area contributed by atoms with Gasteiger partial charge in [0.15, 0.2) is 5.03 Å². The molecular weight excluding hydrogens is 284 g/mol. The average Bonchev–Trinajstić information content (AvgIpc) is 2.67. The minimum absolute atomic E-state index is 0.128. The number of pyridine rings is 1. The minimum atomic E-state index is -1.26. The first-order chi connectivity index (χ1) is 9.38. The van der Waals surface area contributed by atoms with Gasteiger partial charge in [-0.15, -0.1) is 0 Å². The molecule has 20 heavy (non-hydrogen) atoms. The first-order valence-electron chi connectivity index (χ1n) is 5.44. The maximum atomic E-state index is 11.0. The Kier molecular flexibility index (Phi) is 3.70. The molecule has 2 aromatic heterocycles. The zero-order valence-corrected chi connectivity index (χ0v) is 11.4. The second-order valence-corrected chi connectivity index (χ2v) is 4.97. The van der Waals surface area contributed by atoms with Crippen molar-refractivity contribution in [3.05, 3.63) is 39.7 Å². The second kappa shape index (κ2) is 5.29. The summed E-state index contributed by atoms with van der Waals surface area (Å²) in [5, 5.41) is 24.8. The Bertz CT molecular complexity index is 698. The molecule has 0 fully saturated rings. The monoisotopic (exact) mass is 294 g/mol. The zero-order valence-electron chi connectivity index (χ0n) is 10.6. The molecule has 2 aromatic rings. The lowest BCUT2D eigenvalue weighted by atomic mass is 10.3. The number of nitro groups is 1. The zero-order chi connectivity index (χ0) is 14.9. The molecule has 0 radical (unpaired) electrons.